The lowest BCUT2D eigenvalue weighted by molar-refractivity contribution is -0.141. The molecule has 1 amide bonds. The largest absolute Gasteiger partial charge is 0.480 e. The summed E-state index contributed by atoms with van der Waals surface area (Å²) in [4.78, 5) is 23.1. The number of amides is 1. The molecule has 0 aliphatic heterocycles. The second-order valence-corrected chi connectivity index (χ2v) is 8.21. The van der Waals surface area contributed by atoms with Crippen molar-refractivity contribution in [1.29, 1.82) is 0 Å². The lowest BCUT2D eigenvalue weighted by Gasteiger charge is -2.22. The Morgan fingerprint density at radius 1 is 1.11 bits per heavy atom. The van der Waals surface area contributed by atoms with Gasteiger partial charge in [0.1, 0.15) is 6.04 Å². The van der Waals surface area contributed by atoms with Gasteiger partial charge in [0, 0.05) is 11.6 Å². The molecular formula is C18H19ClN2O5S. The summed E-state index contributed by atoms with van der Waals surface area (Å²) in [5.74, 6) is -1.92. The number of rotatable bonds is 8. The maximum atomic E-state index is 13.0. The Morgan fingerprint density at radius 2 is 1.70 bits per heavy atom. The average Bonchev–Trinajstić information content (AvgIpc) is 2.62. The lowest BCUT2D eigenvalue weighted by Crippen LogP contribution is -2.45. The SMILES string of the molecule is C[C@@H](NC(=O)CN(Cc1ccccc1)S(=O)(=O)c1ccc(Cl)cc1)C(=O)O. The van der Waals surface area contributed by atoms with E-state index < -0.39 is 34.5 Å². The number of carboxylic acids is 1. The average molecular weight is 411 g/mol. The van der Waals surface area contributed by atoms with Gasteiger partial charge in [-0.25, -0.2) is 8.42 Å². The lowest BCUT2D eigenvalue weighted by atomic mass is 10.2. The highest BCUT2D eigenvalue weighted by molar-refractivity contribution is 7.89. The molecule has 0 radical (unpaired) electrons. The van der Waals surface area contributed by atoms with Gasteiger partial charge in [-0.2, -0.15) is 4.31 Å². The van der Waals surface area contributed by atoms with E-state index in [2.05, 4.69) is 5.32 Å². The van der Waals surface area contributed by atoms with E-state index in [1.807, 2.05) is 0 Å². The number of aliphatic carboxylic acids is 1. The van der Waals surface area contributed by atoms with Gasteiger partial charge in [0.05, 0.1) is 11.4 Å². The minimum Gasteiger partial charge on any atom is -0.480 e. The van der Waals surface area contributed by atoms with Crippen LogP contribution in [0.1, 0.15) is 12.5 Å². The van der Waals surface area contributed by atoms with Crippen LogP contribution in [0.5, 0.6) is 0 Å². The fraction of sp³-hybridized carbons (Fsp3) is 0.222. The number of carbonyl (C=O) groups excluding carboxylic acids is 1. The van der Waals surface area contributed by atoms with Gasteiger partial charge in [0.2, 0.25) is 15.9 Å². The first-order chi connectivity index (χ1) is 12.7. The first-order valence-electron chi connectivity index (χ1n) is 8.02. The highest BCUT2D eigenvalue weighted by Gasteiger charge is 2.28. The zero-order valence-electron chi connectivity index (χ0n) is 14.5. The molecule has 9 heteroatoms. The Labute approximate surface area is 162 Å². The molecule has 0 aromatic heterocycles. The van der Waals surface area contributed by atoms with Crippen molar-refractivity contribution in [2.24, 2.45) is 0 Å². The Balaban J connectivity index is 2.30. The van der Waals surface area contributed by atoms with Crippen LogP contribution in [0.3, 0.4) is 0 Å². The molecule has 144 valence electrons. The molecule has 2 rings (SSSR count). The minimum absolute atomic E-state index is 0.0121. The number of sulfonamides is 1. The van der Waals surface area contributed by atoms with Crippen LogP contribution in [0.2, 0.25) is 5.02 Å². The van der Waals surface area contributed by atoms with E-state index in [0.29, 0.717) is 10.6 Å². The van der Waals surface area contributed by atoms with Gasteiger partial charge in [-0.05, 0) is 36.8 Å². The van der Waals surface area contributed by atoms with Crippen molar-refractivity contribution in [3.63, 3.8) is 0 Å². The summed E-state index contributed by atoms with van der Waals surface area (Å²) in [5, 5.41) is 11.6. The van der Waals surface area contributed by atoms with Crippen molar-refractivity contribution in [3.05, 3.63) is 65.2 Å². The Kier molecular flexibility index (Phi) is 6.95. The smallest absolute Gasteiger partial charge is 0.325 e. The number of halogens is 1. The summed E-state index contributed by atoms with van der Waals surface area (Å²) >= 11 is 5.81. The molecule has 27 heavy (non-hydrogen) atoms. The number of hydrogen-bond donors (Lipinski definition) is 2. The molecule has 7 nitrogen and oxygen atoms in total. The molecule has 0 spiro atoms. The molecule has 0 saturated heterocycles. The zero-order valence-corrected chi connectivity index (χ0v) is 16.1. The van der Waals surface area contributed by atoms with Crippen molar-refractivity contribution in [3.8, 4) is 0 Å². The van der Waals surface area contributed by atoms with Gasteiger partial charge in [0.15, 0.2) is 0 Å². The Hall–Kier alpha value is -2.42. The first-order valence-corrected chi connectivity index (χ1v) is 9.84. The van der Waals surface area contributed by atoms with E-state index in [1.54, 1.807) is 30.3 Å². The number of benzene rings is 2. The number of nitrogens with one attached hydrogen (secondary N) is 1. The standard InChI is InChI=1S/C18H19ClN2O5S/c1-13(18(23)24)20-17(22)12-21(11-14-5-3-2-4-6-14)27(25,26)16-9-7-15(19)8-10-16/h2-10,13H,11-12H2,1H3,(H,20,22)(H,23,24)/t13-/m1/s1. The third kappa shape index (κ3) is 5.78. The maximum absolute atomic E-state index is 13.0. The maximum Gasteiger partial charge on any atom is 0.325 e. The topological polar surface area (TPSA) is 104 Å². The number of carboxylic acid groups (broad SMARTS) is 1. The highest BCUT2D eigenvalue weighted by Crippen LogP contribution is 2.20. The van der Waals surface area contributed by atoms with Gasteiger partial charge in [0.25, 0.3) is 0 Å². The molecule has 2 aromatic carbocycles. The molecule has 0 aliphatic carbocycles. The Morgan fingerprint density at radius 3 is 2.26 bits per heavy atom. The van der Waals surface area contributed by atoms with E-state index in [9.17, 15) is 18.0 Å². The van der Waals surface area contributed by atoms with Crippen molar-refractivity contribution in [2.75, 3.05) is 6.54 Å². The summed E-state index contributed by atoms with van der Waals surface area (Å²) in [6, 6.07) is 13.3. The molecule has 0 fully saturated rings. The summed E-state index contributed by atoms with van der Waals surface area (Å²) in [7, 11) is -4.00. The van der Waals surface area contributed by atoms with Crippen LogP contribution >= 0.6 is 11.6 Å². The normalized spacial score (nSPS) is 12.6. The molecule has 2 aromatic rings. The van der Waals surface area contributed by atoms with Crippen LogP contribution in [-0.4, -0.2) is 42.3 Å². The molecule has 0 unspecified atom stereocenters. The number of nitrogens with zero attached hydrogens (tertiary/aromatic N) is 1. The molecule has 0 aliphatic rings. The third-order valence-electron chi connectivity index (χ3n) is 3.72. The van der Waals surface area contributed by atoms with E-state index in [0.717, 1.165) is 4.31 Å². The minimum atomic E-state index is -4.00. The fourth-order valence-electron chi connectivity index (χ4n) is 2.28. The van der Waals surface area contributed by atoms with E-state index in [1.165, 1.54) is 31.2 Å². The summed E-state index contributed by atoms with van der Waals surface area (Å²) in [5.41, 5.74) is 0.689. The summed E-state index contributed by atoms with van der Waals surface area (Å²) < 4.78 is 27.0. The van der Waals surface area contributed by atoms with Crippen molar-refractivity contribution in [2.45, 2.75) is 24.4 Å². The quantitative estimate of drug-likeness (QED) is 0.693. The molecule has 0 bridgehead atoms. The van der Waals surface area contributed by atoms with Crippen LogP contribution in [0.15, 0.2) is 59.5 Å². The van der Waals surface area contributed by atoms with Crippen molar-refractivity contribution in [1.82, 2.24) is 9.62 Å². The van der Waals surface area contributed by atoms with E-state index in [-0.39, 0.29) is 11.4 Å². The van der Waals surface area contributed by atoms with E-state index in [4.69, 9.17) is 16.7 Å². The van der Waals surface area contributed by atoms with E-state index >= 15 is 0 Å². The zero-order chi connectivity index (χ0) is 20.0. The predicted molar refractivity (Wildman–Crippen MR) is 101 cm³/mol. The molecule has 0 saturated carbocycles. The van der Waals surface area contributed by atoms with Crippen LogP contribution in [-0.2, 0) is 26.2 Å². The van der Waals surface area contributed by atoms with Crippen LogP contribution in [0, 0.1) is 0 Å². The highest BCUT2D eigenvalue weighted by atomic mass is 35.5. The number of carbonyl (C=O) groups is 2. The van der Waals surface area contributed by atoms with Crippen molar-refractivity contribution >= 4 is 33.5 Å². The van der Waals surface area contributed by atoms with Gasteiger partial charge < -0.3 is 10.4 Å². The predicted octanol–water partition coefficient (Wildman–Crippen LogP) is 2.12. The second-order valence-electron chi connectivity index (χ2n) is 5.84. The fourth-order valence-corrected chi connectivity index (χ4v) is 3.79. The van der Waals surface area contributed by atoms with Crippen LogP contribution in [0.4, 0.5) is 0 Å². The summed E-state index contributed by atoms with van der Waals surface area (Å²) in [6.07, 6.45) is 0. The van der Waals surface area contributed by atoms with Gasteiger partial charge in [-0.3, -0.25) is 9.59 Å². The van der Waals surface area contributed by atoms with Gasteiger partial charge in [-0.15, -0.1) is 0 Å². The second kappa shape index (κ2) is 8.98. The van der Waals surface area contributed by atoms with Crippen LogP contribution in [0.25, 0.3) is 0 Å². The van der Waals surface area contributed by atoms with Crippen LogP contribution < -0.4 is 5.32 Å². The van der Waals surface area contributed by atoms with Gasteiger partial charge in [-0.1, -0.05) is 41.9 Å². The van der Waals surface area contributed by atoms with Gasteiger partial charge >= 0.3 is 5.97 Å². The molecule has 1 atom stereocenters. The first kappa shape index (κ1) is 20.9. The monoisotopic (exact) mass is 410 g/mol. The Bertz CT molecular complexity index is 901. The third-order valence-corrected chi connectivity index (χ3v) is 5.78. The molecular weight excluding hydrogens is 392 g/mol. The molecule has 2 N–H and O–H groups in total. The van der Waals surface area contributed by atoms with Crippen molar-refractivity contribution < 1.29 is 23.1 Å². The number of hydrogen-bond acceptors (Lipinski definition) is 4. The summed E-state index contributed by atoms with van der Waals surface area (Å²) in [6.45, 7) is 0.744. The molecule has 0 heterocycles.